The van der Waals surface area contributed by atoms with E-state index in [9.17, 15) is 39.3 Å². The number of allylic oxidation sites excluding steroid dienone is 4. The van der Waals surface area contributed by atoms with Gasteiger partial charge in [0.2, 0.25) is 0 Å². The number of aliphatic hydroxyl groups is 2. The fourth-order valence-electron chi connectivity index (χ4n) is 10.1. The summed E-state index contributed by atoms with van der Waals surface area (Å²) >= 11 is 0. The zero-order chi connectivity index (χ0) is 45.8. The van der Waals surface area contributed by atoms with Crippen LogP contribution < -0.4 is 5.32 Å². The highest BCUT2D eigenvalue weighted by Gasteiger charge is 2.78. The van der Waals surface area contributed by atoms with Crippen LogP contribution in [0.5, 0.6) is 0 Å². The smallest absolute Gasteiger partial charge is 0.408 e. The second-order valence-electron chi connectivity index (χ2n) is 19.3. The highest BCUT2D eigenvalue weighted by Crippen LogP contribution is 2.63. The molecule has 4 aliphatic carbocycles. The first-order valence-electron chi connectivity index (χ1n) is 20.9. The Balaban J connectivity index is 1.75. The van der Waals surface area contributed by atoms with Gasteiger partial charge in [0.1, 0.15) is 34.9 Å². The van der Waals surface area contributed by atoms with E-state index in [0.717, 1.165) is 6.92 Å². The monoisotopic (exact) mass is 858 g/mol. The number of rotatable bonds is 9. The van der Waals surface area contributed by atoms with Crippen LogP contribution in [0.3, 0.4) is 0 Å². The van der Waals surface area contributed by atoms with Crippen molar-refractivity contribution in [2.24, 2.45) is 22.7 Å². The highest BCUT2D eigenvalue weighted by atomic mass is 16.6. The summed E-state index contributed by atoms with van der Waals surface area (Å²) in [6.07, 6.45) is -3.41. The van der Waals surface area contributed by atoms with Crippen molar-refractivity contribution in [2.75, 3.05) is 6.61 Å². The molecule has 0 spiro atoms. The molecule has 0 aromatic carbocycles. The summed E-state index contributed by atoms with van der Waals surface area (Å²) in [6.45, 7) is 18.5. The first kappa shape index (κ1) is 47.7. The van der Waals surface area contributed by atoms with Crippen LogP contribution in [0, 0.1) is 22.7 Å². The van der Waals surface area contributed by atoms with Crippen LogP contribution >= 0.6 is 0 Å². The number of aliphatic hydroxyl groups excluding tert-OH is 1. The molecule has 0 radical (unpaired) electrons. The molecule has 3 fully saturated rings. The van der Waals surface area contributed by atoms with Crippen LogP contribution in [-0.2, 0) is 52.4 Å². The highest BCUT2D eigenvalue weighted by molar-refractivity contribution is 5.95. The predicted octanol–water partition coefficient (Wildman–Crippen LogP) is 3.75. The number of amides is 1. The predicted molar refractivity (Wildman–Crippen MR) is 218 cm³/mol. The Hall–Kier alpha value is -4.38. The maximum atomic E-state index is 15.6. The van der Waals surface area contributed by atoms with E-state index in [-0.39, 0.29) is 48.5 Å². The van der Waals surface area contributed by atoms with Crippen LogP contribution in [-0.4, -0.2) is 117 Å². The third-order valence-electron chi connectivity index (χ3n) is 13.1. The summed E-state index contributed by atoms with van der Waals surface area (Å²) in [5, 5.41) is 37.4. The number of esters is 4. The summed E-state index contributed by atoms with van der Waals surface area (Å²) in [7, 11) is 0. The maximum Gasteiger partial charge on any atom is 0.408 e. The Morgan fingerprint density at radius 3 is 2.21 bits per heavy atom. The van der Waals surface area contributed by atoms with Crippen molar-refractivity contribution in [2.45, 2.75) is 168 Å². The third-order valence-corrected chi connectivity index (χ3v) is 13.1. The van der Waals surface area contributed by atoms with Crippen molar-refractivity contribution in [3.8, 4) is 0 Å². The third kappa shape index (κ3) is 8.82. The molecule has 2 bridgehead atoms. The van der Waals surface area contributed by atoms with E-state index in [2.05, 4.69) is 5.32 Å². The number of ketones is 1. The lowest BCUT2D eigenvalue weighted by molar-refractivity contribution is -0.316. The van der Waals surface area contributed by atoms with E-state index in [0.29, 0.717) is 5.57 Å². The number of nitrogens with one attached hydrogen (secondary N) is 1. The van der Waals surface area contributed by atoms with Crippen molar-refractivity contribution < 1.29 is 72.5 Å². The zero-order valence-corrected chi connectivity index (χ0v) is 37.3. The number of fused-ring (bicyclic) bond motifs is 5. The Labute approximate surface area is 357 Å². The zero-order valence-electron chi connectivity index (χ0n) is 37.3. The van der Waals surface area contributed by atoms with Gasteiger partial charge in [-0.25, -0.2) is 14.4 Å². The molecule has 1 amide bonds. The van der Waals surface area contributed by atoms with Crippen LogP contribution in [0.25, 0.3) is 0 Å². The van der Waals surface area contributed by atoms with Crippen LogP contribution in [0.15, 0.2) is 46.6 Å². The SMILES string of the molecule is CC(=O)O[C@H]1C(=O)[C@@]2(C)[C@H]([C@H](OC(=O)C3=CC=CC(C)C3)[C@]3(O)C[C@H](OC(=O)[C@H](O)[C@H](C=C(C)C)NC(=O)OC(C)(C)C)C(C)=C1C3(C)C)[C@]1(OC(C)=O)CO[C@@H]1CC[C@@H]2[OH2+]. The van der Waals surface area contributed by atoms with E-state index in [4.69, 9.17) is 28.4 Å². The Morgan fingerprint density at radius 1 is 1.02 bits per heavy atom. The number of hydrogen-bond acceptors (Lipinski definition) is 14. The topological polar surface area (TPSA) is 233 Å². The average molecular weight is 859 g/mol. The van der Waals surface area contributed by atoms with Gasteiger partial charge in [0, 0.05) is 37.7 Å². The van der Waals surface area contributed by atoms with Gasteiger partial charge in [-0.05, 0) is 78.4 Å². The molecule has 1 heterocycles. The molecule has 1 saturated heterocycles. The van der Waals surface area contributed by atoms with Crippen LogP contribution in [0.2, 0.25) is 0 Å². The fourth-order valence-corrected chi connectivity index (χ4v) is 10.1. The van der Waals surface area contributed by atoms with Crippen molar-refractivity contribution in [1.29, 1.82) is 0 Å². The molecule has 0 aromatic rings. The first-order valence-corrected chi connectivity index (χ1v) is 20.9. The number of alkyl carbamates (subject to hydrolysis) is 1. The maximum absolute atomic E-state index is 15.6. The lowest BCUT2D eigenvalue weighted by Crippen LogP contribution is -2.78. The minimum Gasteiger partial charge on any atom is -0.456 e. The first-order chi connectivity index (χ1) is 28.1. The molecule has 5 rings (SSSR count). The Bertz CT molecular complexity index is 1940. The number of Topliss-reactive ketones (excluding diaryl/α,β-unsaturated/α-hetero) is 1. The normalized spacial score (nSPS) is 35.1. The Morgan fingerprint density at radius 2 is 1.67 bits per heavy atom. The van der Waals surface area contributed by atoms with Gasteiger partial charge in [0.25, 0.3) is 0 Å². The van der Waals surface area contributed by atoms with Gasteiger partial charge in [0.15, 0.2) is 29.7 Å². The molecule has 16 nitrogen and oxygen atoms in total. The van der Waals surface area contributed by atoms with Crippen molar-refractivity contribution in [3.05, 3.63) is 46.6 Å². The largest absolute Gasteiger partial charge is 0.456 e. The molecule has 12 atom stereocenters. The molecule has 338 valence electrons. The summed E-state index contributed by atoms with van der Waals surface area (Å²) in [4.78, 5) is 83.2. The second-order valence-corrected chi connectivity index (χ2v) is 19.3. The molecule has 1 aliphatic heterocycles. The van der Waals surface area contributed by atoms with E-state index in [1.807, 2.05) is 13.0 Å². The van der Waals surface area contributed by atoms with E-state index >= 15 is 4.79 Å². The lowest BCUT2D eigenvalue weighted by Gasteiger charge is -2.63. The van der Waals surface area contributed by atoms with Gasteiger partial charge >= 0.3 is 30.0 Å². The van der Waals surface area contributed by atoms with Crippen LogP contribution in [0.4, 0.5) is 4.79 Å². The number of carbonyl (C=O) groups excluding carboxylic acids is 6. The summed E-state index contributed by atoms with van der Waals surface area (Å²) in [5.74, 6) is -5.97. The van der Waals surface area contributed by atoms with Gasteiger partial charge in [0.05, 0.1) is 18.6 Å². The minimum absolute atomic E-state index is 0.0371. The van der Waals surface area contributed by atoms with Gasteiger partial charge in [-0.3, -0.25) is 14.4 Å². The number of ether oxygens (including phenoxy) is 6. The van der Waals surface area contributed by atoms with Gasteiger partial charge in [-0.1, -0.05) is 50.6 Å². The molecule has 0 aromatic heterocycles. The van der Waals surface area contributed by atoms with E-state index in [1.54, 1.807) is 67.5 Å². The quantitative estimate of drug-likeness (QED) is 0.130. The molecule has 5 N–H and O–H groups in total. The van der Waals surface area contributed by atoms with Crippen LogP contribution in [0.1, 0.15) is 109 Å². The van der Waals surface area contributed by atoms with Crippen molar-refractivity contribution in [3.63, 3.8) is 0 Å². The Kier molecular flexibility index (Phi) is 13.3. The van der Waals surface area contributed by atoms with Crippen molar-refractivity contribution in [1.82, 2.24) is 5.32 Å². The summed E-state index contributed by atoms with van der Waals surface area (Å²) in [6, 6.07) is -1.34. The van der Waals surface area contributed by atoms with Gasteiger partial charge in [-0.15, -0.1) is 0 Å². The summed E-state index contributed by atoms with van der Waals surface area (Å²) in [5.41, 5.74) is -7.42. The standard InChI is InChI=1S/C45H63NO15/c1-22(2)18-28(46-40(54)61-41(7,8)9)33(50)39(53)58-29-20-45(55)37(59-38(52)27-15-13-14-23(3)19-27)35-43(12,30(49)16-17-31-44(35,21-56-31)60-26(6)48)36(51)34(57-25(5)47)32(24(29)4)42(45,10)11/h13-15,18,23,28-31,33-35,37,49-50,55H,16-17,19-21H2,1-12H3,(H,46,54)/p+1/t23?,28-,29-,30-,31+,33+,34+,35-,37-,43+,44-,45+/m0/s1. The molecule has 5 aliphatic rings. The molecule has 2 saturated carbocycles. The summed E-state index contributed by atoms with van der Waals surface area (Å²) < 4.78 is 36.0. The number of hydrogen-bond donors (Lipinski definition) is 3. The molecule has 1 unspecified atom stereocenters. The fraction of sp³-hybridized carbons (Fsp3) is 0.689. The molecular weight excluding hydrogens is 794 g/mol. The van der Waals surface area contributed by atoms with Gasteiger partial charge in [-0.2, -0.15) is 0 Å². The lowest BCUT2D eigenvalue weighted by atomic mass is 9.47. The van der Waals surface area contributed by atoms with Crippen molar-refractivity contribution >= 4 is 35.8 Å². The van der Waals surface area contributed by atoms with E-state index in [1.165, 1.54) is 19.9 Å². The average Bonchev–Trinajstić information content (AvgIpc) is 3.17. The minimum atomic E-state index is -2.35. The molecule has 16 heteroatoms. The molecule has 61 heavy (non-hydrogen) atoms. The molecular formula is C45H64NO15+. The van der Waals surface area contributed by atoms with E-state index < -0.39 is 118 Å². The number of carbonyl (C=O) groups is 6. The second kappa shape index (κ2) is 17.1. The van der Waals surface area contributed by atoms with Gasteiger partial charge < -0.3 is 49.1 Å².